The van der Waals surface area contributed by atoms with E-state index in [0.717, 1.165) is 11.3 Å². The van der Waals surface area contributed by atoms with Gasteiger partial charge in [0.15, 0.2) is 5.78 Å². The summed E-state index contributed by atoms with van der Waals surface area (Å²) in [5.41, 5.74) is 3.17. The molecular formula is C17H26OS. The van der Waals surface area contributed by atoms with E-state index in [1.807, 2.05) is 0 Å². The Morgan fingerprint density at radius 1 is 1.16 bits per heavy atom. The molecule has 2 heteroatoms. The highest BCUT2D eigenvalue weighted by molar-refractivity contribution is 7.14. The summed E-state index contributed by atoms with van der Waals surface area (Å²) in [6.07, 6.45) is 4.05. The van der Waals surface area contributed by atoms with E-state index in [1.165, 1.54) is 28.8 Å². The van der Waals surface area contributed by atoms with E-state index < -0.39 is 0 Å². The lowest BCUT2D eigenvalue weighted by Crippen LogP contribution is -2.32. The molecule has 0 saturated carbocycles. The van der Waals surface area contributed by atoms with Crippen LogP contribution in [0, 0.1) is 6.92 Å². The first-order valence-corrected chi connectivity index (χ1v) is 8.20. The van der Waals surface area contributed by atoms with Gasteiger partial charge >= 0.3 is 0 Å². The molecule has 1 heterocycles. The minimum atomic E-state index is 0.218. The van der Waals surface area contributed by atoms with Crippen molar-refractivity contribution in [3.63, 3.8) is 0 Å². The summed E-state index contributed by atoms with van der Waals surface area (Å²) >= 11 is 1.77. The van der Waals surface area contributed by atoms with Crippen LogP contribution in [-0.2, 0) is 10.8 Å². The fourth-order valence-corrected chi connectivity index (χ4v) is 4.86. The van der Waals surface area contributed by atoms with Crippen LogP contribution in [0.5, 0.6) is 0 Å². The van der Waals surface area contributed by atoms with Gasteiger partial charge in [0.25, 0.3) is 0 Å². The quantitative estimate of drug-likeness (QED) is 0.678. The van der Waals surface area contributed by atoms with E-state index >= 15 is 0 Å². The molecule has 0 fully saturated rings. The predicted molar refractivity (Wildman–Crippen MR) is 83.6 cm³/mol. The Hall–Kier alpha value is -0.630. The van der Waals surface area contributed by atoms with Crippen LogP contribution >= 0.6 is 11.3 Å². The topological polar surface area (TPSA) is 17.1 Å². The zero-order valence-corrected chi connectivity index (χ0v) is 14.0. The monoisotopic (exact) mass is 278 g/mol. The van der Waals surface area contributed by atoms with E-state index in [2.05, 4.69) is 41.5 Å². The number of carbonyl (C=O) groups excluding carboxylic acids is 1. The first-order valence-electron chi connectivity index (χ1n) is 7.38. The van der Waals surface area contributed by atoms with Crippen molar-refractivity contribution in [1.29, 1.82) is 0 Å². The van der Waals surface area contributed by atoms with Gasteiger partial charge in [-0.3, -0.25) is 4.79 Å². The van der Waals surface area contributed by atoms with E-state index in [9.17, 15) is 4.79 Å². The largest absolute Gasteiger partial charge is 0.293 e. The average molecular weight is 278 g/mol. The minimum absolute atomic E-state index is 0.218. The molecule has 0 atom stereocenters. The first kappa shape index (κ1) is 14.8. The molecule has 0 aliphatic heterocycles. The zero-order valence-electron chi connectivity index (χ0n) is 13.1. The molecule has 1 nitrogen and oxygen atoms in total. The summed E-state index contributed by atoms with van der Waals surface area (Å²) in [6.45, 7) is 13.5. The lowest BCUT2D eigenvalue weighted by molar-refractivity contribution is 0.0985. The number of thiophene rings is 1. The third kappa shape index (κ3) is 2.40. The van der Waals surface area contributed by atoms with Crippen molar-refractivity contribution < 1.29 is 4.79 Å². The maximum Gasteiger partial charge on any atom is 0.173 e. The van der Waals surface area contributed by atoms with Crippen molar-refractivity contribution in [3.05, 3.63) is 20.9 Å². The first-order chi connectivity index (χ1) is 8.70. The van der Waals surface area contributed by atoms with E-state index in [4.69, 9.17) is 0 Å². The number of Topliss-reactive ketones (excluding diaryl/α,β-unsaturated/α-hetero) is 1. The van der Waals surface area contributed by atoms with Crippen molar-refractivity contribution in [1.82, 2.24) is 0 Å². The van der Waals surface area contributed by atoms with Crippen LogP contribution in [0.15, 0.2) is 0 Å². The van der Waals surface area contributed by atoms with Crippen molar-refractivity contribution in [2.75, 3.05) is 0 Å². The molecule has 2 rings (SSSR count). The van der Waals surface area contributed by atoms with Gasteiger partial charge < -0.3 is 0 Å². The van der Waals surface area contributed by atoms with Crippen LogP contribution in [0.25, 0.3) is 0 Å². The SMILES string of the molecule is CCCC(=O)c1sc2c(c1C)C(C)(C)CCC2(C)C. The number of hydrogen-bond donors (Lipinski definition) is 0. The van der Waals surface area contributed by atoms with Crippen molar-refractivity contribution in [2.45, 2.75) is 78.1 Å². The van der Waals surface area contributed by atoms with Crippen LogP contribution in [0.2, 0.25) is 0 Å². The number of rotatable bonds is 3. The minimum Gasteiger partial charge on any atom is -0.293 e. The Morgan fingerprint density at radius 3 is 2.26 bits per heavy atom. The molecular weight excluding hydrogens is 252 g/mol. The average Bonchev–Trinajstić information content (AvgIpc) is 2.66. The van der Waals surface area contributed by atoms with E-state index in [1.54, 1.807) is 11.3 Å². The Labute approximate surface area is 121 Å². The zero-order chi connectivity index (χ0) is 14.4. The fourth-order valence-electron chi connectivity index (χ4n) is 3.28. The normalized spacial score (nSPS) is 20.1. The van der Waals surface area contributed by atoms with Gasteiger partial charge in [-0.1, -0.05) is 34.6 Å². The molecule has 1 aromatic rings. The second-order valence-electron chi connectivity index (χ2n) is 7.20. The molecule has 0 aromatic carbocycles. The fraction of sp³-hybridized carbons (Fsp3) is 0.706. The molecule has 0 unspecified atom stereocenters. The van der Waals surface area contributed by atoms with Crippen LogP contribution < -0.4 is 0 Å². The third-order valence-electron chi connectivity index (χ3n) is 4.54. The molecule has 106 valence electrons. The van der Waals surface area contributed by atoms with Crippen LogP contribution in [0.4, 0.5) is 0 Å². The van der Waals surface area contributed by atoms with Gasteiger partial charge in [-0.05, 0) is 48.1 Å². The summed E-state index contributed by atoms with van der Waals surface area (Å²) in [5.74, 6) is 0.339. The highest BCUT2D eigenvalue weighted by atomic mass is 32.1. The number of hydrogen-bond acceptors (Lipinski definition) is 2. The summed E-state index contributed by atoms with van der Waals surface area (Å²) in [4.78, 5) is 14.8. The van der Waals surface area contributed by atoms with Crippen molar-refractivity contribution in [2.24, 2.45) is 0 Å². The molecule has 0 amide bonds. The Morgan fingerprint density at radius 2 is 1.74 bits per heavy atom. The number of carbonyl (C=O) groups is 1. The number of ketones is 1. The summed E-state index contributed by atoms with van der Waals surface area (Å²) < 4.78 is 0. The maximum absolute atomic E-state index is 12.3. The van der Waals surface area contributed by atoms with Crippen LogP contribution in [0.1, 0.15) is 86.0 Å². The highest BCUT2D eigenvalue weighted by Crippen LogP contribution is 2.51. The Kier molecular flexibility index (Phi) is 3.68. The smallest absolute Gasteiger partial charge is 0.173 e. The van der Waals surface area contributed by atoms with E-state index in [0.29, 0.717) is 12.2 Å². The molecule has 0 bridgehead atoms. The lowest BCUT2D eigenvalue weighted by Gasteiger charge is -2.39. The molecule has 1 aromatic heterocycles. The molecule has 19 heavy (non-hydrogen) atoms. The van der Waals surface area contributed by atoms with Gasteiger partial charge in [-0.2, -0.15) is 0 Å². The van der Waals surface area contributed by atoms with Gasteiger partial charge in [-0.25, -0.2) is 0 Å². The van der Waals surface area contributed by atoms with Crippen LogP contribution in [-0.4, -0.2) is 5.78 Å². The lowest BCUT2D eigenvalue weighted by atomic mass is 9.66. The van der Waals surface area contributed by atoms with Crippen molar-refractivity contribution in [3.8, 4) is 0 Å². The predicted octanol–water partition coefficient (Wildman–Crippen LogP) is 5.39. The molecule has 1 aliphatic carbocycles. The van der Waals surface area contributed by atoms with Gasteiger partial charge in [0, 0.05) is 11.3 Å². The van der Waals surface area contributed by atoms with Crippen molar-refractivity contribution >= 4 is 17.1 Å². The Bertz CT molecular complexity index is 506. The summed E-state index contributed by atoms with van der Waals surface area (Å²) in [6, 6.07) is 0. The maximum atomic E-state index is 12.3. The third-order valence-corrected chi connectivity index (χ3v) is 6.24. The molecule has 0 spiro atoms. The molecule has 0 N–H and O–H groups in total. The second-order valence-corrected chi connectivity index (χ2v) is 8.22. The van der Waals surface area contributed by atoms with Gasteiger partial charge in [0.2, 0.25) is 0 Å². The Balaban J connectivity index is 2.60. The highest BCUT2D eigenvalue weighted by Gasteiger charge is 2.41. The van der Waals surface area contributed by atoms with Gasteiger partial charge in [0.1, 0.15) is 0 Å². The second kappa shape index (κ2) is 4.73. The summed E-state index contributed by atoms with van der Waals surface area (Å²) in [5, 5.41) is 0. The van der Waals surface area contributed by atoms with Gasteiger partial charge in [-0.15, -0.1) is 11.3 Å². The van der Waals surface area contributed by atoms with Gasteiger partial charge in [0.05, 0.1) is 4.88 Å². The standard InChI is InChI=1S/C17H26OS/c1-7-8-12(18)14-11(2)13-15(19-14)17(5,6)10-9-16(13,3)4/h7-10H2,1-6H3. The molecule has 0 saturated heterocycles. The van der Waals surface area contributed by atoms with E-state index in [-0.39, 0.29) is 10.8 Å². The molecule has 0 radical (unpaired) electrons. The number of fused-ring (bicyclic) bond motifs is 1. The van der Waals surface area contributed by atoms with Crippen LogP contribution in [0.3, 0.4) is 0 Å². The summed E-state index contributed by atoms with van der Waals surface area (Å²) in [7, 11) is 0. The molecule has 1 aliphatic rings.